The molecule has 0 aromatic carbocycles. The summed E-state index contributed by atoms with van der Waals surface area (Å²) in [7, 11) is 0. The lowest BCUT2D eigenvalue weighted by atomic mass is 10.1. The van der Waals surface area contributed by atoms with E-state index in [0.29, 0.717) is 5.57 Å². The van der Waals surface area contributed by atoms with Crippen molar-refractivity contribution < 1.29 is 28.2 Å². The number of hydrogen-bond donors (Lipinski definition) is 0. The molecule has 26 heavy (non-hydrogen) atoms. The van der Waals surface area contributed by atoms with Crippen molar-refractivity contribution in [3.63, 3.8) is 0 Å². The second-order valence-electron chi connectivity index (χ2n) is 6.29. The number of pyridine rings is 2. The molecule has 0 saturated carbocycles. The maximum absolute atomic E-state index is 11.5. The number of rotatable bonds is 7. The van der Waals surface area contributed by atoms with E-state index in [2.05, 4.69) is 6.58 Å². The summed E-state index contributed by atoms with van der Waals surface area (Å²) in [4.78, 5) is 22.9. The summed E-state index contributed by atoms with van der Waals surface area (Å²) in [5.41, 5.74) is 2.43. The third-order valence-electron chi connectivity index (χ3n) is 3.64. The summed E-state index contributed by atoms with van der Waals surface area (Å²) in [5.74, 6) is -0.769. The fourth-order valence-corrected chi connectivity index (χ4v) is 2.03. The first-order valence-electron chi connectivity index (χ1n) is 8.34. The van der Waals surface area contributed by atoms with Crippen molar-refractivity contribution in [1.29, 1.82) is 0 Å². The van der Waals surface area contributed by atoms with Gasteiger partial charge in [0.15, 0.2) is 24.8 Å². The summed E-state index contributed by atoms with van der Waals surface area (Å²) in [6.07, 6.45) is 7.40. The highest BCUT2D eigenvalue weighted by atomic mass is 16.5. The van der Waals surface area contributed by atoms with E-state index in [1.165, 1.54) is 0 Å². The van der Waals surface area contributed by atoms with Crippen LogP contribution in [0.1, 0.15) is 20.8 Å². The minimum absolute atomic E-state index is 0.138. The largest absolute Gasteiger partial charge is 0.405 e. The lowest BCUT2D eigenvalue weighted by Gasteiger charge is -2.04. The van der Waals surface area contributed by atoms with Crippen LogP contribution in [0.3, 0.4) is 0 Å². The van der Waals surface area contributed by atoms with E-state index in [0.717, 1.165) is 11.1 Å². The Labute approximate surface area is 153 Å². The number of carbonyl (C=O) groups is 2. The average Bonchev–Trinajstić information content (AvgIpc) is 2.64. The van der Waals surface area contributed by atoms with Crippen LogP contribution < -0.4 is 9.13 Å². The van der Waals surface area contributed by atoms with Crippen LogP contribution in [0.2, 0.25) is 0 Å². The minimum Gasteiger partial charge on any atom is -0.405 e. The van der Waals surface area contributed by atoms with Crippen molar-refractivity contribution in [2.75, 3.05) is 0 Å². The molecular formula is C20H24N2O4+2. The van der Waals surface area contributed by atoms with E-state index in [1.54, 1.807) is 29.9 Å². The first-order valence-corrected chi connectivity index (χ1v) is 8.34. The SMILES string of the molecule is C=C(C)C(=O)OC[n+]1ccc(-c2cc[n+](COC(=O)C(C)C)cc2)cc1. The van der Waals surface area contributed by atoms with Gasteiger partial charge in [-0.25, -0.2) is 4.79 Å². The second-order valence-corrected chi connectivity index (χ2v) is 6.29. The molecule has 0 radical (unpaired) electrons. The minimum atomic E-state index is -0.410. The summed E-state index contributed by atoms with van der Waals surface area (Å²) >= 11 is 0. The number of aromatic nitrogens is 2. The third kappa shape index (κ3) is 5.51. The fourth-order valence-electron chi connectivity index (χ4n) is 2.03. The van der Waals surface area contributed by atoms with Gasteiger partial charge in [-0.05, 0) is 18.1 Å². The van der Waals surface area contributed by atoms with Crippen LogP contribution in [0.15, 0.2) is 61.2 Å². The quantitative estimate of drug-likeness (QED) is 0.433. The van der Waals surface area contributed by atoms with E-state index >= 15 is 0 Å². The van der Waals surface area contributed by atoms with Crippen molar-refractivity contribution in [3.8, 4) is 11.1 Å². The highest BCUT2D eigenvalue weighted by Gasteiger charge is 2.12. The summed E-state index contributed by atoms with van der Waals surface area (Å²) in [5, 5.41) is 0. The average molecular weight is 356 g/mol. The van der Waals surface area contributed by atoms with Crippen LogP contribution in [-0.4, -0.2) is 11.9 Å². The normalized spacial score (nSPS) is 10.5. The van der Waals surface area contributed by atoms with Crippen molar-refractivity contribution in [1.82, 2.24) is 0 Å². The van der Waals surface area contributed by atoms with Gasteiger partial charge in [0.05, 0.1) is 5.92 Å². The van der Waals surface area contributed by atoms with E-state index in [-0.39, 0.29) is 25.3 Å². The molecule has 0 aliphatic carbocycles. The van der Waals surface area contributed by atoms with Crippen LogP contribution in [0.5, 0.6) is 0 Å². The number of esters is 2. The smallest absolute Gasteiger partial charge is 0.337 e. The first kappa shape index (κ1) is 19.3. The Morgan fingerprint density at radius 1 is 0.923 bits per heavy atom. The fraction of sp³-hybridized carbons (Fsp3) is 0.300. The van der Waals surface area contributed by atoms with Gasteiger partial charge in [0.2, 0.25) is 0 Å². The Kier molecular flexibility index (Phi) is 6.60. The van der Waals surface area contributed by atoms with Gasteiger partial charge in [-0.1, -0.05) is 20.4 Å². The molecule has 0 unspecified atom stereocenters. The topological polar surface area (TPSA) is 60.4 Å². The monoisotopic (exact) mass is 356 g/mol. The van der Waals surface area contributed by atoms with Crippen LogP contribution in [0.4, 0.5) is 0 Å². The molecule has 0 spiro atoms. The number of ether oxygens (including phenoxy) is 2. The Bertz CT molecular complexity index is 780. The third-order valence-corrected chi connectivity index (χ3v) is 3.64. The van der Waals surface area contributed by atoms with Gasteiger partial charge in [0, 0.05) is 29.8 Å². The molecular weight excluding hydrogens is 332 g/mol. The molecule has 2 aromatic heterocycles. The van der Waals surface area contributed by atoms with Crippen molar-refractivity contribution in [2.45, 2.75) is 34.2 Å². The highest BCUT2D eigenvalue weighted by molar-refractivity contribution is 5.86. The van der Waals surface area contributed by atoms with E-state index in [1.807, 2.05) is 49.1 Å². The first-order chi connectivity index (χ1) is 12.4. The van der Waals surface area contributed by atoms with Crippen molar-refractivity contribution >= 4 is 11.9 Å². The van der Waals surface area contributed by atoms with Gasteiger partial charge < -0.3 is 9.47 Å². The molecule has 0 fully saturated rings. The molecule has 2 aromatic rings. The second kappa shape index (κ2) is 8.89. The molecule has 0 amide bonds. The Balaban J connectivity index is 1.95. The zero-order chi connectivity index (χ0) is 19.1. The highest BCUT2D eigenvalue weighted by Crippen LogP contribution is 2.15. The molecule has 0 aliphatic heterocycles. The Morgan fingerprint density at radius 3 is 1.73 bits per heavy atom. The van der Waals surface area contributed by atoms with Gasteiger partial charge in [-0.15, -0.1) is 0 Å². The van der Waals surface area contributed by atoms with E-state index in [4.69, 9.17) is 9.47 Å². The predicted octanol–water partition coefficient (Wildman–Crippen LogP) is 2.16. The van der Waals surface area contributed by atoms with Crippen LogP contribution >= 0.6 is 0 Å². The molecule has 136 valence electrons. The number of hydrogen-bond acceptors (Lipinski definition) is 4. The molecule has 0 bridgehead atoms. The number of carbonyl (C=O) groups excluding carboxylic acids is 2. The molecule has 2 heterocycles. The van der Waals surface area contributed by atoms with Gasteiger partial charge in [0.25, 0.3) is 13.5 Å². The maximum atomic E-state index is 11.5. The van der Waals surface area contributed by atoms with Crippen LogP contribution in [-0.2, 0) is 32.5 Å². The standard InChI is InChI=1S/C20H24N2O4/c1-15(2)19(23)25-13-21-9-5-17(6-10-21)18-7-11-22(12-8-18)14-26-20(24)16(3)4/h5-12,16H,1,13-14H2,2-4H3/q+2. The van der Waals surface area contributed by atoms with Crippen LogP contribution in [0.25, 0.3) is 11.1 Å². The summed E-state index contributed by atoms with van der Waals surface area (Å²) in [6.45, 7) is 9.10. The van der Waals surface area contributed by atoms with Crippen LogP contribution in [0, 0.1) is 5.92 Å². The lowest BCUT2D eigenvalue weighted by Crippen LogP contribution is -2.36. The maximum Gasteiger partial charge on any atom is 0.337 e. The van der Waals surface area contributed by atoms with Gasteiger partial charge in [-0.2, -0.15) is 9.13 Å². The molecule has 2 rings (SSSR count). The molecule has 6 nitrogen and oxygen atoms in total. The summed E-state index contributed by atoms with van der Waals surface area (Å²) in [6, 6.07) is 7.77. The molecule has 0 atom stereocenters. The van der Waals surface area contributed by atoms with Gasteiger partial charge >= 0.3 is 11.9 Å². The Morgan fingerprint density at radius 2 is 1.35 bits per heavy atom. The predicted molar refractivity (Wildman–Crippen MR) is 94.1 cm³/mol. The summed E-state index contributed by atoms with van der Waals surface area (Å²) < 4.78 is 13.8. The van der Waals surface area contributed by atoms with Crippen molar-refractivity contribution in [3.05, 3.63) is 61.2 Å². The molecule has 6 heteroatoms. The van der Waals surface area contributed by atoms with Crippen molar-refractivity contribution in [2.24, 2.45) is 5.92 Å². The lowest BCUT2D eigenvalue weighted by molar-refractivity contribution is -0.728. The number of nitrogens with zero attached hydrogens (tertiary/aromatic N) is 2. The van der Waals surface area contributed by atoms with Gasteiger partial charge in [-0.3, -0.25) is 4.79 Å². The van der Waals surface area contributed by atoms with Gasteiger partial charge in [0.1, 0.15) is 0 Å². The Hall–Kier alpha value is -3.02. The van der Waals surface area contributed by atoms with E-state index in [9.17, 15) is 9.59 Å². The molecule has 0 N–H and O–H groups in total. The molecule has 0 aliphatic rings. The van der Waals surface area contributed by atoms with E-state index < -0.39 is 5.97 Å². The zero-order valence-corrected chi connectivity index (χ0v) is 15.3. The molecule has 0 saturated heterocycles. The zero-order valence-electron chi connectivity index (χ0n) is 15.3.